The van der Waals surface area contributed by atoms with Gasteiger partial charge in [-0.3, -0.25) is 14.9 Å². The molecule has 2 amide bonds. The van der Waals surface area contributed by atoms with Gasteiger partial charge in [0.1, 0.15) is 0 Å². The summed E-state index contributed by atoms with van der Waals surface area (Å²) < 4.78 is 0. The van der Waals surface area contributed by atoms with E-state index in [0.29, 0.717) is 19.6 Å². The van der Waals surface area contributed by atoms with Crippen LogP contribution in [-0.2, 0) is 9.59 Å². The second-order valence-corrected chi connectivity index (χ2v) is 2.42. The molecular formula is C7H15N3O2. The number of primary amides is 1. The number of hydrogen-bond acceptors (Lipinski definition) is 3. The molecule has 0 aliphatic carbocycles. The Balaban J connectivity index is 0.000000202. The zero-order chi connectivity index (χ0) is 9.40. The highest BCUT2D eigenvalue weighted by molar-refractivity contribution is 5.79. The summed E-state index contributed by atoms with van der Waals surface area (Å²) in [6.07, 6.45) is 1.37. The summed E-state index contributed by atoms with van der Waals surface area (Å²) >= 11 is 0. The van der Waals surface area contributed by atoms with Crippen LogP contribution >= 0.6 is 0 Å². The van der Waals surface area contributed by atoms with Gasteiger partial charge in [-0.05, 0) is 6.42 Å². The zero-order valence-corrected chi connectivity index (χ0v) is 7.22. The van der Waals surface area contributed by atoms with Crippen LogP contribution < -0.4 is 16.4 Å². The first-order chi connectivity index (χ1) is 5.66. The predicted octanol–water partition coefficient (Wildman–Crippen LogP) is -1.06. The Morgan fingerprint density at radius 3 is 2.42 bits per heavy atom. The second kappa shape index (κ2) is 6.60. The van der Waals surface area contributed by atoms with Crippen LogP contribution in [0.25, 0.3) is 0 Å². The third-order valence-electron chi connectivity index (χ3n) is 1.19. The van der Waals surface area contributed by atoms with E-state index in [4.69, 9.17) is 5.73 Å². The number of carbonyl (C=O) groups excluding carboxylic acids is 2. The molecule has 1 fully saturated rings. The Kier molecular flexibility index (Phi) is 6.00. The second-order valence-electron chi connectivity index (χ2n) is 2.42. The van der Waals surface area contributed by atoms with Gasteiger partial charge in [-0.2, -0.15) is 0 Å². The van der Waals surface area contributed by atoms with Gasteiger partial charge in [0.2, 0.25) is 11.8 Å². The fourth-order valence-electron chi connectivity index (χ4n) is 0.646. The van der Waals surface area contributed by atoms with Gasteiger partial charge in [0.15, 0.2) is 0 Å². The first-order valence-corrected chi connectivity index (χ1v) is 3.92. The van der Waals surface area contributed by atoms with Crippen molar-refractivity contribution in [3.05, 3.63) is 0 Å². The number of nitrogens with one attached hydrogen (secondary N) is 2. The molecule has 0 bridgehead atoms. The lowest BCUT2D eigenvalue weighted by molar-refractivity contribution is -0.118. The van der Waals surface area contributed by atoms with E-state index in [9.17, 15) is 9.59 Å². The van der Waals surface area contributed by atoms with Gasteiger partial charge >= 0.3 is 0 Å². The van der Waals surface area contributed by atoms with E-state index in [0.717, 1.165) is 6.42 Å². The van der Waals surface area contributed by atoms with E-state index in [1.54, 1.807) is 0 Å². The molecule has 70 valence electrons. The molecule has 1 heterocycles. The van der Waals surface area contributed by atoms with E-state index < -0.39 is 0 Å². The Morgan fingerprint density at radius 2 is 2.33 bits per heavy atom. The number of rotatable bonds is 2. The monoisotopic (exact) mass is 173 g/mol. The topological polar surface area (TPSA) is 84.2 Å². The molecule has 1 rings (SSSR count). The van der Waals surface area contributed by atoms with Crippen molar-refractivity contribution in [2.75, 3.05) is 13.2 Å². The summed E-state index contributed by atoms with van der Waals surface area (Å²) in [6, 6.07) is 0. The molecule has 12 heavy (non-hydrogen) atoms. The van der Waals surface area contributed by atoms with Gasteiger partial charge in [0.25, 0.3) is 0 Å². The standard InChI is InChI=1S/C4H9NO.C3H6N2O/c1-2-3-4(5)6;6-3-1-4-2-5-3/h2-3H2,1H3,(H2,5,6);4H,1-2H2,(H,5,6). The average Bonchev–Trinajstić information content (AvgIpc) is 2.40. The van der Waals surface area contributed by atoms with Crippen LogP contribution in [0.3, 0.4) is 0 Å². The first kappa shape index (κ1) is 10.9. The molecule has 0 atom stereocenters. The number of nitrogens with two attached hydrogens (primary N) is 1. The largest absolute Gasteiger partial charge is 0.370 e. The lowest BCUT2D eigenvalue weighted by Crippen LogP contribution is -2.14. The predicted molar refractivity (Wildman–Crippen MR) is 45.1 cm³/mol. The minimum absolute atomic E-state index is 0.0926. The van der Waals surface area contributed by atoms with E-state index in [2.05, 4.69) is 10.6 Å². The molecule has 1 aliphatic heterocycles. The summed E-state index contributed by atoms with van der Waals surface area (Å²) in [5.74, 6) is -0.118. The lowest BCUT2D eigenvalue weighted by atomic mass is 10.3. The van der Waals surface area contributed by atoms with Crippen molar-refractivity contribution in [1.82, 2.24) is 10.6 Å². The Labute approximate surface area is 71.7 Å². The van der Waals surface area contributed by atoms with Crippen LogP contribution in [0.15, 0.2) is 0 Å². The molecule has 0 unspecified atom stereocenters. The normalized spacial score (nSPS) is 14.6. The maximum Gasteiger partial charge on any atom is 0.235 e. The summed E-state index contributed by atoms with van der Waals surface area (Å²) in [7, 11) is 0. The van der Waals surface area contributed by atoms with Crippen molar-refractivity contribution >= 4 is 11.8 Å². The molecule has 0 radical (unpaired) electrons. The van der Waals surface area contributed by atoms with Gasteiger partial charge in [-0.1, -0.05) is 6.92 Å². The highest BCUT2D eigenvalue weighted by atomic mass is 16.2. The number of amides is 2. The number of carbonyl (C=O) groups is 2. The molecule has 0 aromatic rings. The van der Waals surface area contributed by atoms with E-state index in [1.807, 2.05) is 6.92 Å². The fraction of sp³-hybridized carbons (Fsp3) is 0.714. The number of hydrogen-bond donors (Lipinski definition) is 3. The summed E-state index contributed by atoms with van der Waals surface area (Å²) in [4.78, 5) is 19.9. The minimum atomic E-state index is -0.211. The van der Waals surface area contributed by atoms with Crippen LogP contribution in [-0.4, -0.2) is 25.0 Å². The van der Waals surface area contributed by atoms with Crippen LogP contribution in [0.4, 0.5) is 0 Å². The molecule has 1 aliphatic rings. The molecule has 5 nitrogen and oxygen atoms in total. The van der Waals surface area contributed by atoms with Crippen molar-refractivity contribution in [2.45, 2.75) is 19.8 Å². The third-order valence-corrected chi connectivity index (χ3v) is 1.19. The SMILES string of the molecule is CCCC(N)=O.O=C1CNCN1. The minimum Gasteiger partial charge on any atom is -0.370 e. The highest BCUT2D eigenvalue weighted by Crippen LogP contribution is 1.79. The molecule has 5 heteroatoms. The van der Waals surface area contributed by atoms with E-state index in [1.165, 1.54) is 0 Å². The summed E-state index contributed by atoms with van der Waals surface area (Å²) in [6.45, 7) is 3.05. The van der Waals surface area contributed by atoms with Gasteiger partial charge in [0, 0.05) is 6.42 Å². The van der Waals surface area contributed by atoms with Crippen LogP contribution in [0.2, 0.25) is 0 Å². The average molecular weight is 173 g/mol. The molecule has 0 spiro atoms. The molecule has 0 aromatic carbocycles. The molecule has 4 N–H and O–H groups in total. The van der Waals surface area contributed by atoms with Crippen molar-refractivity contribution in [2.24, 2.45) is 5.73 Å². The van der Waals surface area contributed by atoms with Gasteiger partial charge in [0.05, 0.1) is 13.2 Å². The maximum absolute atomic E-state index is 10.1. The summed E-state index contributed by atoms with van der Waals surface area (Å²) in [5, 5.41) is 5.38. The van der Waals surface area contributed by atoms with Crippen LogP contribution in [0.1, 0.15) is 19.8 Å². The lowest BCUT2D eigenvalue weighted by Gasteiger charge is -1.81. The van der Waals surface area contributed by atoms with Gasteiger partial charge in [-0.15, -0.1) is 0 Å². The van der Waals surface area contributed by atoms with E-state index in [-0.39, 0.29) is 11.8 Å². The highest BCUT2D eigenvalue weighted by Gasteiger charge is 2.03. The smallest absolute Gasteiger partial charge is 0.235 e. The van der Waals surface area contributed by atoms with Gasteiger partial charge < -0.3 is 11.1 Å². The molecule has 0 saturated carbocycles. The third kappa shape index (κ3) is 7.01. The first-order valence-electron chi connectivity index (χ1n) is 3.92. The molecular weight excluding hydrogens is 158 g/mol. The summed E-state index contributed by atoms with van der Waals surface area (Å²) in [5.41, 5.74) is 4.76. The Morgan fingerprint density at radius 1 is 1.67 bits per heavy atom. The van der Waals surface area contributed by atoms with E-state index >= 15 is 0 Å². The van der Waals surface area contributed by atoms with Crippen molar-refractivity contribution in [1.29, 1.82) is 0 Å². The quantitative estimate of drug-likeness (QED) is 0.497. The zero-order valence-electron chi connectivity index (χ0n) is 7.22. The molecule has 1 saturated heterocycles. The van der Waals surface area contributed by atoms with Gasteiger partial charge in [-0.25, -0.2) is 0 Å². The van der Waals surface area contributed by atoms with Crippen molar-refractivity contribution in [3.8, 4) is 0 Å². The Bertz CT molecular complexity index is 151. The fourth-order valence-corrected chi connectivity index (χ4v) is 0.646. The van der Waals surface area contributed by atoms with Crippen LogP contribution in [0, 0.1) is 0 Å². The molecule has 0 aromatic heterocycles. The van der Waals surface area contributed by atoms with Crippen molar-refractivity contribution < 1.29 is 9.59 Å². The van der Waals surface area contributed by atoms with Crippen LogP contribution in [0.5, 0.6) is 0 Å². The Hall–Kier alpha value is -1.10. The maximum atomic E-state index is 10.1. The van der Waals surface area contributed by atoms with Crippen molar-refractivity contribution in [3.63, 3.8) is 0 Å².